The minimum Gasteiger partial charge on any atom is -0.508 e. The van der Waals surface area contributed by atoms with Crippen LogP contribution in [0.3, 0.4) is 0 Å². The van der Waals surface area contributed by atoms with Crippen molar-refractivity contribution in [3.8, 4) is 17.0 Å². The zero-order valence-electron chi connectivity index (χ0n) is 15.2. The van der Waals surface area contributed by atoms with Gasteiger partial charge in [0.25, 0.3) is 5.72 Å². The Morgan fingerprint density at radius 3 is 2.48 bits per heavy atom. The second kappa shape index (κ2) is 6.85. The summed E-state index contributed by atoms with van der Waals surface area (Å²) >= 11 is 0.932. The molecule has 1 atom stereocenters. The third kappa shape index (κ3) is 3.47. The summed E-state index contributed by atoms with van der Waals surface area (Å²) in [6.07, 6.45) is -5.65. The van der Waals surface area contributed by atoms with Crippen molar-refractivity contribution in [1.29, 1.82) is 0 Å². The predicted octanol–water partition coefficient (Wildman–Crippen LogP) is 4.69. The fourth-order valence-electron chi connectivity index (χ4n) is 3.03. The summed E-state index contributed by atoms with van der Waals surface area (Å²) in [7, 11) is 0. The molecule has 1 aliphatic heterocycles. The van der Waals surface area contributed by atoms with Crippen molar-refractivity contribution in [3.05, 3.63) is 65.0 Å². The number of aliphatic hydroxyl groups is 1. The van der Waals surface area contributed by atoms with Crippen LogP contribution in [0.25, 0.3) is 11.3 Å². The van der Waals surface area contributed by atoms with Crippen LogP contribution in [0.1, 0.15) is 17.5 Å². The minimum atomic E-state index is -4.94. The molecule has 5 nitrogen and oxygen atoms in total. The van der Waals surface area contributed by atoms with Gasteiger partial charge in [0.15, 0.2) is 0 Å². The highest BCUT2D eigenvalue weighted by atomic mass is 32.1. The number of halogens is 3. The molecule has 150 valence electrons. The Morgan fingerprint density at radius 1 is 1.10 bits per heavy atom. The zero-order valence-corrected chi connectivity index (χ0v) is 16.0. The first-order valence-corrected chi connectivity index (χ1v) is 9.54. The fraction of sp³-hybridized carbons (Fsp3) is 0.200. The lowest BCUT2D eigenvalue weighted by Gasteiger charge is -2.32. The Labute approximate surface area is 168 Å². The van der Waals surface area contributed by atoms with Gasteiger partial charge in [-0.25, -0.2) is 4.98 Å². The first-order chi connectivity index (χ1) is 13.7. The molecule has 0 amide bonds. The van der Waals surface area contributed by atoms with Crippen molar-refractivity contribution in [1.82, 2.24) is 4.98 Å². The Balaban J connectivity index is 1.75. The van der Waals surface area contributed by atoms with Crippen LogP contribution >= 0.6 is 11.3 Å². The van der Waals surface area contributed by atoms with Gasteiger partial charge in [0.05, 0.1) is 17.8 Å². The van der Waals surface area contributed by atoms with Crippen molar-refractivity contribution < 1.29 is 23.4 Å². The highest BCUT2D eigenvalue weighted by Gasteiger charge is 2.62. The van der Waals surface area contributed by atoms with E-state index in [0.29, 0.717) is 21.8 Å². The molecule has 0 saturated carbocycles. The van der Waals surface area contributed by atoms with Crippen molar-refractivity contribution >= 4 is 22.2 Å². The molecule has 2 N–H and O–H groups in total. The molecule has 0 bridgehead atoms. The van der Waals surface area contributed by atoms with Gasteiger partial charge in [-0.1, -0.05) is 42.0 Å². The van der Waals surface area contributed by atoms with Crippen molar-refractivity contribution in [2.45, 2.75) is 25.2 Å². The number of rotatable bonds is 3. The van der Waals surface area contributed by atoms with Crippen molar-refractivity contribution in [2.75, 3.05) is 5.01 Å². The first kappa shape index (κ1) is 19.4. The summed E-state index contributed by atoms with van der Waals surface area (Å²) in [6, 6.07) is 13.1. The van der Waals surface area contributed by atoms with E-state index in [1.807, 2.05) is 6.92 Å². The van der Waals surface area contributed by atoms with E-state index in [1.54, 1.807) is 41.8 Å². The molecule has 3 aromatic rings. The average molecular weight is 419 g/mol. The number of aryl methyl sites for hydroxylation is 1. The molecule has 0 saturated heterocycles. The van der Waals surface area contributed by atoms with Crippen LogP contribution in [0.4, 0.5) is 18.3 Å². The number of benzene rings is 2. The quantitative estimate of drug-likeness (QED) is 0.646. The van der Waals surface area contributed by atoms with Gasteiger partial charge in [-0.3, -0.25) is 0 Å². The largest absolute Gasteiger partial charge is 0.508 e. The van der Waals surface area contributed by atoms with E-state index in [2.05, 4.69) is 10.1 Å². The number of hydrazone groups is 1. The average Bonchev–Trinajstić information content (AvgIpc) is 3.27. The summed E-state index contributed by atoms with van der Waals surface area (Å²) in [4.78, 5) is 4.22. The van der Waals surface area contributed by atoms with Gasteiger partial charge in [0.2, 0.25) is 5.13 Å². The highest BCUT2D eigenvalue weighted by molar-refractivity contribution is 7.14. The smallest absolute Gasteiger partial charge is 0.438 e. The molecule has 1 unspecified atom stereocenters. The Bertz CT molecular complexity index is 1080. The second-order valence-corrected chi connectivity index (χ2v) is 7.62. The number of aromatic nitrogens is 1. The maximum atomic E-state index is 13.8. The number of aromatic hydroxyl groups is 1. The number of alkyl halides is 3. The predicted molar refractivity (Wildman–Crippen MR) is 105 cm³/mol. The molecule has 2 aromatic carbocycles. The van der Waals surface area contributed by atoms with Crippen LogP contribution < -0.4 is 5.01 Å². The number of hydrogen-bond acceptors (Lipinski definition) is 6. The number of anilines is 1. The highest BCUT2D eigenvalue weighted by Crippen LogP contribution is 2.45. The Kier molecular flexibility index (Phi) is 4.59. The number of nitrogens with zero attached hydrogens (tertiary/aromatic N) is 3. The molecule has 1 aromatic heterocycles. The van der Waals surface area contributed by atoms with E-state index in [0.717, 1.165) is 16.9 Å². The number of thiazole rings is 1. The van der Waals surface area contributed by atoms with Crippen molar-refractivity contribution in [2.24, 2.45) is 5.10 Å². The lowest BCUT2D eigenvalue weighted by atomic mass is 10.0. The molecule has 9 heteroatoms. The van der Waals surface area contributed by atoms with Gasteiger partial charge < -0.3 is 10.2 Å². The van der Waals surface area contributed by atoms with Gasteiger partial charge in [-0.15, -0.1) is 11.3 Å². The molecule has 29 heavy (non-hydrogen) atoms. The summed E-state index contributed by atoms with van der Waals surface area (Å²) in [5.41, 5.74) is -0.675. The van der Waals surface area contributed by atoms with Crippen LogP contribution in [-0.4, -0.2) is 32.8 Å². The van der Waals surface area contributed by atoms with Crippen molar-refractivity contribution in [3.63, 3.8) is 0 Å². The van der Waals surface area contributed by atoms with Gasteiger partial charge in [0.1, 0.15) is 5.75 Å². The van der Waals surface area contributed by atoms with Crippen LogP contribution in [-0.2, 0) is 0 Å². The summed E-state index contributed by atoms with van der Waals surface area (Å²) in [6.45, 7) is 1.87. The van der Waals surface area contributed by atoms with E-state index in [1.165, 1.54) is 12.1 Å². The lowest BCUT2D eigenvalue weighted by Crippen LogP contribution is -2.55. The molecule has 0 spiro atoms. The maximum absolute atomic E-state index is 13.8. The number of hydrogen-bond donors (Lipinski definition) is 2. The maximum Gasteiger partial charge on any atom is 0.438 e. The molecular formula is C20H16F3N3O2S. The van der Waals surface area contributed by atoms with Gasteiger partial charge in [-0.05, 0) is 24.6 Å². The standard InChI is InChI=1S/C20H16F3N3O2S/c1-12-5-7-13(8-6-12)16-10-19(28,20(21,22)23)26(25-16)18-24-17(11-29-18)14-3-2-4-15(27)9-14/h2-9,11,27-28H,10H2,1H3. The van der Waals surface area contributed by atoms with E-state index in [9.17, 15) is 23.4 Å². The van der Waals surface area contributed by atoms with Crippen LogP contribution in [0.15, 0.2) is 59.0 Å². The fourth-order valence-corrected chi connectivity index (χ4v) is 3.88. The number of phenols is 1. The Morgan fingerprint density at radius 2 is 1.83 bits per heavy atom. The lowest BCUT2D eigenvalue weighted by molar-refractivity contribution is -0.254. The van der Waals surface area contributed by atoms with E-state index >= 15 is 0 Å². The Hall–Kier alpha value is -2.91. The monoisotopic (exact) mass is 419 g/mol. The molecule has 1 aliphatic rings. The normalized spacial score (nSPS) is 19.5. The second-order valence-electron chi connectivity index (χ2n) is 6.78. The van der Waals surface area contributed by atoms with Gasteiger partial charge >= 0.3 is 6.18 Å². The minimum absolute atomic E-state index is 0.0182. The zero-order chi connectivity index (χ0) is 20.8. The molecular weight excluding hydrogens is 403 g/mol. The summed E-state index contributed by atoms with van der Waals surface area (Å²) in [5, 5.41) is 26.3. The SMILES string of the molecule is Cc1ccc(C2=NN(c3nc(-c4cccc(O)c4)cs3)C(O)(C(F)(F)F)C2)cc1. The molecule has 4 rings (SSSR count). The molecule has 2 heterocycles. The van der Waals surface area contributed by atoms with Gasteiger partial charge in [-0.2, -0.15) is 23.3 Å². The summed E-state index contributed by atoms with van der Waals surface area (Å²) < 4.78 is 41.4. The van der Waals surface area contributed by atoms with Gasteiger partial charge in [0, 0.05) is 10.9 Å². The van der Waals surface area contributed by atoms with Crippen LogP contribution in [0, 0.1) is 6.92 Å². The third-order valence-corrected chi connectivity index (χ3v) is 5.46. The van der Waals surface area contributed by atoms with E-state index in [-0.39, 0.29) is 16.6 Å². The van der Waals surface area contributed by atoms with Crippen LogP contribution in [0.2, 0.25) is 0 Å². The van der Waals surface area contributed by atoms with E-state index < -0.39 is 18.3 Å². The van der Waals surface area contributed by atoms with Crippen LogP contribution in [0.5, 0.6) is 5.75 Å². The molecule has 0 fully saturated rings. The van der Waals surface area contributed by atoms with E-state index in [4.69, 9.17) is 0 Å². The third-order valence-electron chi connectivity index (χ3n) is 4.64. The first-order valence-electron chi connectivity index (χ1n) is 8.66. The topological polar surface area (TPSA) is 69.0 Å². The molecule has 0 radical (unpaired) electrons. The number of phenolic OH excluding ortho intramolecular Hbond substituents is 1. The molecule has 0 aliphatic carbocycles. The summed E-state index contributed by atoms with van der Waals surface area (Å²) in [5.74, 6) is 0.0182.